The number of nitrogens with zero attached hydrogens (tertiary/aromatic N) is 1. The Bertz CT molecular complexity index is 1070. The molecule has 0 aliphatic carbocycles. The molecule has 1 fully saturated rings. The van der Waals surface area contributed by atoms with Gasteiger partial charge in [-0.3, -0.25) is 15.0 Å². The fourth-order valence-electron chi connectivity index (χ4n) is 3.69. The van der Waals surface area contributed by atoms with Crippen molar-refractivity contribution in [1.82, 2.24) is 15.2 Å². The zero-order chi connectivity index (χ0) is 22.6. The molecular formula is C22H26FN3O4S. The first-order chi connectivity index (χ1) is 14.7. The summed E-state index contributed by atoms with van der Waals surface area (Å²) in [5, 5.41) is 0. The van der Waals surface area contributed by atoms with Crippen LogP contribution >= 0.6 is 0 Å². The molecule has 1 saturated heterocycles. The van der Waals surface area contributed by atoms with E-state index >= 15 is 0 Å². The normalized spacial score (nSPS) is 15.0. The SMILES string of the molecule is CC(=O)N1CCC(CS(=O)(=O)NNC(=O)c2cc(-c3ccccc3)cc(C)c2F)CC1. The molecule has 166 valence electrons. The highest BCUT2D eigenvalue weighted by molar-refractivity contribution is 7.89. The topological polar surface area (TPSA) is 95.6 Å². The van der Waals surface area contributed by atoms with Gasteiger partial charge in [0.15, 0.2) is 0 Å². The molecule has 0 unspecified atom stereocenters. The molecule has 2 aromatic carbocycles. The number of hydrazine groups is 1. The second kappa shape index (κ2) is 9.57. The molecule has 3 rings (SSSR count). The van der Waals surface area contributed by atoms with Crippen LogP contribution in [0.2, 0.25) is 0 Å². The third kappa shape index (κ3) is 5.89. The maximum absolute atomic E-state index is 14.6. The van der Waals surface area contributed by atoms with Crippen molar-refractivity contribution in [3.05, 3.63) is 59.4 Å². The van der Waals surface area contributed by atoms with Gasteiger partial charge in [0, 0.05) is 20.0 Å². The van der Waals surface area contributed by atoms with E-state index in [0.717, 1.165) is 5.56 Å². The number of amides is 2. The Labute approximate surface area is 181 Å². The zero-order valence-electron chi connectivity index (χ0n) is 17.5. The first-order valence-corrected chi connectivity index (χ1v) is 11.7. The molecule has 2 aromatic rings. The maximum atomic E-state index is 14.6. The number of sulfonamides is 1. The summed E-state index contributed by atoms with van der Waals surface area (Å²) in [4.78, 5) is 27.7. The van der Waals surface area contributed by atoms with Crippen LogP contribution in [-0.2, 0) is 14.8 Å². The molecule has 0 bridgehead atoms. The zero-order valence-corrected chi connectivity index (χ0v) is 18.3. The third-order valence-electron chi connectivity index (χ3n) is 5.44. The number of carbonyl (C=O) groups is 2. The monoisotopic (exact) mass is 447 g/mol. The van der Waals surface area contributed by atoms with Gasteiger partial charge in [0.2, 0.25) is 15.9 Å². The first kappa shape index (κ1) is 22.9. The second-order valence-corrected chi connectivity index (χ2v) is 9.57. The molecule has 1 heterocycles. The number of halogens is 1. The highest BCUT2D eigenvalue weighted by Crippen LogP contribution is 2.25. The highest BCUT2D eigenvalue weighted by atomic mass is 32.2. The predicted molar refractivity (Wildman–Crippen MR) is 116 cm³/mol. The molecule has 1 aliphatic rings. The van der Waals surface area contributed by atoms with Crippen LogP contribution < -0.4 is 10.3 Å². The lowest BCUT2D eigenvalue weighted by atomic mass is 9.99. The number of aryl methyl sites for hydroxylation is 1. The highest BCUT2D eigenvalue weighted by Gasteiger charge is 2.26. The largest absolute Gasteiger partial charge is 0.343 e. The summed E-state index contributed by atoms with van der Waals surface area (Å²) in [5.74, 6) is -1.89. The summed E-state index contributed by atoms with van der Waals surface area (Å²) >= 11 is 0. The summed E-state index contributed by atoms with van der Waals surface area (Å²) in [6.07, 6.45) is 1.14. The summed E-state index contributed by atoms with van der Waals surface area (Å²) < 4.78 is 39.4. The van der Waals surface area contributed by atoms with Crippen molar-refractivity contribution < 1.29 is 22.4 Å². The van der Waals surface area contributed by atoms with Gasteiger partial charge in [-0.1, -0.05) is 30.3 Å². The lowest BCUT2D eigenvalue weighted by molar-refractivity contribution is -0.130. The number of hydrogen-bond donors (Lipinski definition) is 2. The summed E-state index contributed by atoms with van der Waals surface area (Å²) in [6.45, 7) is 4.06. The van der Waals surface area contributed by atoms with Crippen molar-refractivity contribution in [2.45, 2.75) is 26.7 Å². The van der Waals surface area contributed by atoms with Gasteiger partial charge in [-0.15, -0.1) is 4.83 Å². The van der Waals surface area contributed by atoms with Gasteiger partial charge in [-0.25, -0.2) is 12.8 Å². The molecule has 0 spiro atoms. The lowest BCUT2D eigenvalue weighted by Gasteiger charge is -2.31. The first-order valence-electron chi connectivity index (χ1n) is 10.1. The molecule has 0 saturated carbocycles. The van der Waals surface area contributed by atoms with E-state index in [-0.39, 0.29) is 28.7 Å². The van der Waals surface area contributed by atoms with Crippen molar-refractivity contribution in [3.63, 3.8) is 0 Å². The van der Waals surface area contributed by atoms with E-state index < -0.39 is 21.7 Å². The van der Waals surface area contributed by atoms with Crippen LogP contribution in [0.25, 0.3) is 11.1 Å². The van der Waals surface area contributed by atoms with Crippen molar-refractivity contribution in [3.8, 4) is 11.1 Å². The molecule has 31 heavy (non-hydrogen) atoms. The average Bonchev–Trinajstić information content (AvgIpc) is 2.74. The van der Waals surface area contributed by atoms with Gasteiger partial charge in [0.1, 0.15) is 5.82 Å². The van der Waals surface area contributed by atoms with Crippen molar-refractivity contribution in [2.24, 2.45) is 5.92 Å². The number of carbonyl (C=O) groups excluding carboxylic acids is 2. The summed E-state index contributed by atoms with van der Waals surface area (Å²) in [7, 11) is -3.82. The fraction of sp³-hybridized carbons (Fsp3) is 0.364. The van der Waals surface area contributed by atoms with Gasteiger partial charge in [-0.2, -0.15) is 0 Å². The average molecular weight is 448 g/mol. The van der Waals surface area contributed by atoms with Crippen LogP contribution in [0, 0.1) is 18.7 Å². The van der Waals surface area contributed by atoms with Gasteiger partial charge in [0.05, 0.1) is 11.3 Å². The minimum atomic E-state index is -3.82. The van der Waals surface area contributed by atoms with E-state index in [9.17, 15) is 22.4 Å². The Balaban J connectivity index is 1.65. The summed E-state index contributed by atoms with van der Waals surface area (Å²) in [6, 6.07) is 12.2. The molecule has 9 heteroatoms. The number of rotatable bonds is 6. The van der Waals surface area contributed by atoms with E-state index in [0.29, 0.717) is 31.5 Å². The Morgan fingerprint density at radius 1 is 1.10 bits per heavy atom. The van der Waals surface area contributed by atoms with E-state index in [1.165, 1.54) is 13.0 Å². The Hall–Kier alpha value is -2.78. The van der Waals surface area contributed by atoms with Gasteiger partial charge in [-0.05, 0) is 54.5 Å². The minimum Gasteiger partial charge on any atom is -0.343 e. The number of nitrogens with one attached hydrogen (secondary N) is 2. The Morgan fingerprint density at radius 2 is 1.74 bits per heavy atom. The van der Waals surface area contributed by atoms with E-state index in [1.807, 2.05) is 30.3 Å². The van der Waals surface area contributed by atoms with Crippen molar-refractivity contribution in [2.75, 3.05) is 18.8 Å². The molecule has 2 amide bonds. The van der Waals surface area contributed by atoms with E-state index in [4.69, 9.17) is 0 Å². The smallest absolute Gasteiger partial charge is 0.269 e. The van der Waals surface area contributed by atoms with E-state index in [2.05, 4.69) is 10.3 Å². The van der Waals surface area contributed by atoms with Gasteiger partial charge < -0.3 is 4.90 Å². The molecule has 7 nitrogen and oxygen atoms in total. The number of piperidine rings is 1. The predicted octanol–water partition coefficient (Wildman–Crippen LogP) is 2.62. The molecule has 2 N–H and O–H groups in total. The number of hydrogen-bond acceptors (Lipinski definition) is 4. The maximum Gasteiger partial charge on any atom is 0.269 e. The Morgan fingerprint density at radius 3 is 2.35 bits per heavy atom. The van der Waals surface area contributed by atoms with E-state index in [1.54, 1.807) is 17.9 Å². The van der Waals surface area contributed by atoms with Crippen LogP contribution in [0.15, 0.2) is 42.5 Å². The van der Waals surface area contributed by atoms with Gasteiger partial charge in [0.25, 0.3) is 5.91 Å². The van der Waals surface area contributed by atoms with Crippen LogP contribution in [-0.4, -0.2) is 44.0 Å². The Kier molecular flexibility index (Phi) is 7.07. The standard InChI is InChI=1S/C22H26FN3O4S/c1-15-12-19(18-6-4-3-5-7-18)13-20(21(15)23)22(28)24-25-31(29,30)14-17-8-10-26(11-9-17)16(2)27/h3-7,12-13,17,25H,8-11,14H2,1-2H3,(H,24,28). The molecule has 0 aromatic heterocycles. The summed E-state index contributed by atoms with van der Waals surface area (Å²) in [5.41, 5.74) is 3.64. The van der Waals surface area contributed by atoms with Crippen molar-refractivity contribution in [1.29, 1.82) is 0 Å². The van der Waals surface area contributed by atoms with Crippen LogP contribution in [0.1, 0.15) is 35.7 Å². The van der Waals surface area contributed by atoms with Crippen LogP contribution in [0.5, 0.6) is 0 Å². The second-order valence-electron chi connectivity index (χ2n) is 7.81. The molecular weight excluding hydrogens is 421 g/mol. The van der Waals surface area contributed by atoms with Crippen LogP contribution in [0.4, 0.5) is 4.39 Å². The molecule has 1 aliphatic heterocycles. The lowest BCUT2D eigenvalue weighted by Crippen LogP contribution is -2.45. The number of likely N-dealkylation sites (tertiary alicyclic amines) is 1. The quantitative estimate of drug-likeness (QED) is 0.666. The molecule has 0 radical (unpaired) electrons. The third-order valence-corrected chi connectivity index (χ3v) is 6.76. The fourth-order valence-corrected chi connectivity index (χ4v) is 4.98. The molecule has 0 atom stereocenters. The number of benzene rings is 2. The minimum absolute atomic E-state index is 0.0262. The van der Waals surface area contributed by atoms with Gasteiger partial charge >= 0.3 is 0 Å². The van der Waals surface area contributed by atoms with Crippen molar-refractivity contribution >= 4 is 21.8 Å². The van der Waals surface area contributed by atoms with Crippen LogP contribution in [0.3, 0.4) is 0 Å².